The Balaban J connectivity index is 1.49. The van der Waals surface area contributed by atoms with Crippen LogP contribution in [0.25, 0.3) is 11.1 Å². The molecular formula is C20H22N4O. The zero-order chi connectivity index (χ0) is 17.6. The normalized spacial score (nSPS) is 10.5. The number of nitrogens with zero attached hydrogens (tertiary/aromatic N) is 2. The number of rotatable bonds is 5. The number of carbonyl (C=O) groups is 1. The number of para-hydroxylation sites is 1. The third-order valence-electron chi connectivity index (χ3n) is 4.08. The molecule has 3 aromatic rings. The fraction of sp³-hybridized carbons (Fsp3) is 0.200. The van der Waals surface area contributed by atoms with Crippen molar-refractivity contribution in [3.63, 3.8) is 0 Å². The van der Waals surface area contributed by atoms with Crippen molar-refractivity contribution in [3.05, 3.63) is 72.1 Å². The first-order valence-electron chi connectivity index (χ1n) is 8.30. The molecule has 1 heterocycles. The van der Waals surface area contributed by atoms with E-state index in [4.69, 9.17) is 0 Å². The lowest BCUT2D eigenvalue weighted by atomic mass is 10.1. The van der Waals surface area contributed by atoms with Crippen molar-refractivity contribution in [1.82, 2.24) is 15.1 Å². The average molecular weight is 334 g/mol. The van der Waals surface area contributed by atoms with Crippen LogP contribution in [0, 0.1) is 6.92 Å². The Morgan fingerprint density at radius 3 is 2.52 bits per heavy atom. The average Bonchev–Trinajstić information content (AvgIpc) is 3.04. The Labute approximate surface area is 147 Å². The van der Waals surface area contributed by atoms with Crippen LogP contribution in [-0.2, 0) is 13.5 Å². The molecule has 25 heavy (non-hydrogen) atoms. The van der Waals surface area contributed by atoms with Crippen molar-refractivity contribution in [2.24, 2.45) is 7.05 Å². The first-order valence-corrected chi connectivity index (χ1v) is 8.30. The van der Waals surface area contributed by atoms with Crippen LogP contribution >= 0.6 is 0 Å². The molecule has 0 spiro atoms. The van der Waals surface area contributed by atoms with Crippen molar-refractivity contribution in [3.8, 4) is 11.1 Å². The topological polar surface area (TPSA) is 59.0 Å². The number of anilines is 1. The van der Waals surface area contributed by atoms with Crippen LogP contribution in [0.2, 0.25) is 0 Å². The van der Waals surface area contributed by atoms with Crippen LogP contribution in [0.3, 0.4) is 0 Å². The molecule has 2 amide bonds. The lowest BCUT2D eigenvalue weighted by Gasteiger charge is -2.10. The summed E-state index contributed by atoms with van der Waals surface area (Å²) in [5, 5.41) is 9.95. The molecule has 0 radical (unpaired) electrons. The minimum absolute atomic E-state index is 0.179. The number of nitrogens with one attached hydrogen (secondary N) is 2. The molecule has 0 aliphatic heterocycles. The summed E-state index contributed by atoms with van der Waals surface area (Å²) >= 11 is 0. The first kappa shape index (κ1) is 16.8. The van der Waals surface area contributed by atoms with E-state index in [0.717, 1.165) is 28.8 Å². The largest absolute Gasteiger partial charge is 0.338 e. The van der Waals surface area contributed by atoms with E-state index < -0.39 is 0 Å². The summed E-state index contributed by atoms with van der Waals surface area (Å²) in [7, 11) is 1.91. The lowest BCUT2D eigenvalue weighted by Crippen LogP contribution is -2.30. The number of carbonyl (C=O) groups excluding carboxylic acids is 1. The number of hydrogen-bond donors (Lipinski definition) is 2. The minimum atomic E-state index is -0.179. The Morgan fingerprint density at radius 1 is 1.08 bits per heavy atom. The maximum absolute atomic E-state index is 12.0. The highest BCUT2D eigenvalue weighted by molar-refractivity contribution is 5.89. The van der Waals surface area contributed by atoms with Gasteiger partial charge in [-0.15, -0.1) is 0 Å². The molecular weight excluding hydrogens is 312 g/mol. The minimum Gasteiger partial charge on any atom is -0.338 e. The van der Waals surface area contributed by atoms with Gasteiger partial charge in [-0.1, -0.05) is 42.5 Å². The van der Waals surface area contributed by atoms with E-state index in [9.17, 15) is 4.79 Å². The van der Waals surface area contributed by atoms with Gasteiger partial charge < -0.3 is 10.6 Å². The third-order valence-corrected chi connectivity index (χ3v) is 4.08. The second kappa shape index (κ2) is 7.66. The summed E-state index contributed by atoms with van der Waals surface area (Å²) in [5.41, 5.74) is 5.31. The highest BCUT2D eigenvalue weighted by Gasteiger charge is 2.04. The highest BCUT2D eigenvalue weighted by Crippen LogP contribution is 2.18. The first-order chi connectivity index (χ1) is 12.1. The Morgan fingerprint density at radius 2 is 1.84 bits per heavy atom. The van der Waals surface area contributed by atoms with Gasteiger partial charge in [0.1, 0.15) is 0 Å². The van der Waals surface area contributed by atoms with Gasteiger partial charge in [-0.05, 0) is 36.1 Å². The van der Waals surface area contributed by atoms with E-state index in [-0.39, 0.29) is 6.03 Å². The molecule has 0 atom stereocenters. The number of benzene rings is 2. The second-order valence-corrected chi connectivity index (χ2v) is 6.05. The van der Waals surface area contributed by atoms with Gasteiger partial charge in [0.25, 0.3) is 0 Å². The zero-order valence-corrected chi connectivity index (χ0v) is 14.5. The van der Waals surface area contributed by atoms with Gasteiger partial charge in [0.05, 0.1) is 6.20 Å². The lowest BCUT2D eigenvalue weighted by molar-refractivity contribution is 0.252. The molecule has 1 aromatic heterocycles. The Hall–Kier alpha value is -3.08. The zero-order valence-electron chi connectivity index (χ0n) is 14.5. The predicted molar refractivity (Wildman–Crippen MR) is 101 cm³/mol. The molecule has 0 aliphatic rings. The van der Waals surface area contributed by atoms with Crippen LogP contribution in [0.5, 0.6) is 0 Å². The molecule has 2 N–H and O–H groups in total. The monoisotopic (exact) mass is 334 g/mol. The highest BCUT2D eigenvalue weighted by atomic mass is 16.2. The SMILES string of the molecule is Cc1ccccc1NC(=O)NCCc1ccc(-c2cnn(C)c2)cc1. The summed E-state index contributed by atoms with van der Waals surface area (Å²) in [6, 6.07) is 15.9. The van der Waals surface area contributed by atoms with Crippen LogP contribution in [0.15, 0.2) is 60.9 Å². The maximum Gasteiger partial charge on any atom is 0.319 e. The van der Waals surface area contributed by atoms with Crippen LogP contribution in [0.1, 0.15) is 11.1 Å². The molecule has 3 rings (SSSR count). The number of urea groups is 1. The van der Waals surface area contributed by atoms with Gasteiger partial charge in [0, 0.05) is 31.0 Å². The van der Waals surface area contributed by atoms with Crippen molar-refractivity contribution >= 4 is 11.7 Å². The van der Waals surface area contributed by atoms with Crippen LogP contribution in [-0.4, -0.2) is 22.4 Å². The summed E-state index contributed by atoms with van der Waals surface area (Å²) in [6.45, 7) is 2.56. The number of amides is 2. The Bertz CT molecular complexity index is 852. The van der Waals surface area contributed by atoms with E-state index in [1.165, 1.54) is 5.56 Å². The molecule has 0 fully saturated rings. The van der Waals surface area contributed by atoms with E-state index in [1.54, 1.807) is 4.68 Å². The van der Waals surface area contributed by atoms with Gasteiger partial charge in [-0.3, -0.25) is 4.68 Å². The quantitative estimate of drug-likeness (QED) is 0.746. The smallest absolute Gasteiger partial charge is 0.319 e. The maximum atomic E-state index is 12.0. The van der Waals surface area contributed by atoms with Crippen molar-refractivity contribution in [2.75, 3.05) is 11.9 Å². The molecule has 0 unspecified atom stereocenters. The van der Waals surface area contributed by atoms with Gasteiger partial charge in [-0.2, -0.15) is 5.10 Å². The van der Waals surface area contributed by atoms with Gasteiger partial charge in [-0.25, -0.2) is 4.79 Å². The molecule has 0 saturated carbocycles. The van der Waals surface area contributed by atoms with Gasteiger partial charge in [0.15, 0.2) is 0 Å². The van der Waals surface area contributed by atoms with E-state index >= 15 is 0 Å². The molecule has 5 heteroatoms. The van der Waals surface area contributed by atoms with Gasteiger partial charge >= 0.3 is 6.03 Å². The number of aromatic nitrogens is 2. The van der Waals surface area contributed by atoms with Crippen molar-refractivity contribution in [2.45, 2.75) is 13.3 Å². The van der Waals surface area contributed by atoms with E-state index in [0.29, 0.717) is 6.54 Å². The number of hydrogen-bond acceptors (Lipinski definition) is 2. The summed E-state index contributed by atoms with van der Waals surface area (Å²) in [6.07, 6.45) is 4.63. The van der Waals surface area contributed by atoms with Gasteiger partial charge in [0.2, 0.25) is 0 Å². The summed E-state index contributed by atoms with van der Waals surface area (Å²) in [5.74, 6) is 0. The second-order valence-electron chi connectivity index (χ2n) is 6.05. The molecule has 0 aliphatic carbocycles. The van der Waals surface area contributed by atoms with E-state index in [1.807, 2.05) is 50.6 Å². The van der Waals surface area contributed by atoms with Crippen LogP contribution < -0.4 is 10.6 Å². The standard InChI is InChI=1S/C20H22N4O/c1-15-5-3-4-6-19(15)23-20(25)21-12-11-16-7-9-17(10-8-16)18-13-22-24(2)14-18/h3-10,13-14H,11-12H2,1-2H3,(H2,21,23,25). The fourth-order valence-electron chi connectivity index (χ4n) is 2.63. The molecule has 2 aromatic carbocycles. The number of aryl methyl sites for hydroxylation is 2. The molecule has 0 bridgehead atoms. The molecule has 0 saturated heterocycles. The summed E-state index contributed by atoms with van der Waals surface area (Å²) < 4.78 is 1.79. The third kappa shape index (κ3) is 4.47. The predicted octanol–water partition coefficient (Wildman–Crippen LogP) is 3.76. The molecule has 5 nitrogen and oxygen atoms in total. The van der Waals surface area contributed by atoms with Crippen molar-refractivity contribution < 1.29 is 4.79 Å². The molecule has 128 valence electrons. The Kier molecular flexibility index (Phi) is 5.14. The van der Waals surface area contributed by atoms with E-state index in [2.05, 4.69) is 40.0 Å². The summed E-state index contributed by atoms with van der Waals surface area (Å²) in [4.78, 5) is 12.0. The van der Waals surface area contributed by atoms with Crippen LogP contribution in [0.4, 0.5) is 10.5 Å². The van der Waals surface area contributed by atoms with Crippen molar-refractivity contribution in [1.29, 1.82) is 0 Å². The fourth-order valence-corrected chi connectivity index (χ4v) is 2.63.